The summed E-state index contributed by atoms with van der Waals surface area (Å²) < 4.78 is 37.6. The van der Waals surface area contributed by atoms with Crippen LogP contribution in [0.2, 0.25) is 0 Å². The van der Waals surface area contributed by atoms with Crippen LogP contribution >= 0.6 is 11.8 Å². The van der Waals surface area contributed by atoms with E-state index in [2.05, 4.69) is 0 Å². The highest BCUT2D eigenvalue weighted by Crippen LogP contribution is 2.37. The minimum absolute atomic E-state index is 0.129. The van der Waals surface area contributed by atoms with Gasteiger partial charge in [0.05, 0.1) is 5.56 Å². The first kappa shape index (κ1) is 14.9. The van der Waals surface area contributed by atoms with E-state index in [1.165, 1.54) is 17.8 Å². The molecule has 1 rings (SSSR count). The number of halogens is 3. The zero-order valence-corrected chi connectivity index (χ0v) is 11.2. The van der Waals surface area contributed by atoms with Crippen LogP contribution in [0.1, 0.15) is 31.9 Å². The number of amidine groups is 1. The number of hydrogen-bond donors (Lipinski definition) is 2. The smallest absolute Gasteiger partial charge is 0.384 e. The molecule has 0 aromatic heterocycles. The molecule has 0 radical (unpaired) electrons. The molecule has 0 aliphatic rings. The quantitative estimate of drug-likeness (QED) is 0.489. The molecule has 0 saturated heterocycles. The van der Waals surface area contributed by atoms with Crippen molar-refractivity contribution in [2.24, 2.45) is 5.73 Å². The molecule has 6 heteroatoms. The number of benzene rings is 1. The number of nitrogen functional groups attached to an aromatic ring is 1. The largest absolute Gasteiger partial charge is 0.416 e. The predicted molar refractivity (Wildman–Crippen MR) is 68.1 cm³/mol. The van der Waals surface area contributed by atoms with Crippen LogP contribution in [0, 0.1) is 5.41 Å². The van der Waals surface area contributed by atoms with Gasteiger partial charge in [-0.25, -0.2) is 0 Å². The van der Waals surface area contributed by atoms with Crippen molar-refractivity contribution in [3.63, 3.8) is 0 Å². The fraction of sp³-hybridized carbons (Fsp3) is 0.417. The van der Waals surface area contributed by atoms with Gasteiger partial charge in [0, 0.05) is 15.2 Å². The van der Waals surface area contributed by atoms with E-state index in [4.69, 9.17) is 11.1 Å². The van der Waals surface area contributed by atoms with Gasteiger partial charge in [-0.3, -0.25) is 5.41 Å². The van der Waals surface area contributed by atoms with E-state index in [1.54, 1.807) is 0 Å². The SMILES string of the molecule is CC(C)(C)Sc1ccc(C(F)(F)F)cc1C(=N)N. The van der Waals surface area contributed by atoms with Crippen molar-refractivity contribution in [1.82, 2.24) is 0 Å². The lowest BCUT2D eigenvalue weighted by Gasteiger charge is -2.20. The van der Waals surface area contributed by atoms with Gasteiger partial charge in [-0.15, -0.1) is 11.8 Å². The standard InChI is InChI=1S/C12H15F3N2S/c1-11(2,3)18-9-5-4-7(12(13,14)15)6-8(9)10(16)17/h4-6H,1-3H3,(H3,16,17). The molecule has 0 aliphatic heterocycles. The second-order valence-electron chi connectivity index (χ2n) is 4.84. The number of hydrogen-bond acceptors (Lipinski definition) is 2. The summed E-state index contributed by atoms with van der Waals surface area (Å²) in [5, 5.41) is 7.38. The molecule has 0 spiro atoms. The van der Waals surface area contributed by atoms with Crippen LogP contribution in [-0.2, 0) is 6.18 Å². The van der Waals surface area contributed by atoms with Crippen LogP contribution < -0.4 is 5.73 Å². The molecule has 0 bridgehead atoms. The zero-order chi connectivity index (χ0) is 14.1. The Bertz CT molecular complexity index is 461. The Morgan fingerprint density at radius 2 is 1.78 bits per heavy atom. The van der Waals surface area contributed by atoms with Gasteiger partial charge in [-0.1, -0.05) is 20.8 Å². The molecule has 0 fully saturated rings. The lowest BCUT2D eigenvalue weighted by atomic mass is 10.1. The molecule has 2 nitrogen and oxygen atoms in total. The maximum absolute atomic E-state index is 12.6. The molecule has 100 valence electrons. The summed E-state index contributed by atoms with van der Waals surface area (Å²) in [5.74, 6) is -0.354. The topological polar surface area (TPSA) is 49.9 Å². The number of nitrogens with two attached hydrogens (primary N) is 1. The lowest BCUT2D eigenvalue weighted by Crippen LogP contribution is -2.16. The Balaban J connectivity index is 3.26. The van der Waals surface area contributed by atoms with Crippen molar-refractivity contribution in [2.75, 3.05) is 0 Å². The highest BCUT2D eigenvalue weighted by molar-refractivity contribution is 8.00. The number of nitrogens with one attached hydrogen (secondary N) is 1. The molecular formula is C12H15F3N2S. The van der Waals surface area contributed by atoms with Gasteiger partial charge in [-0.2, -0.15) is 13.2 Å². The normalized spacial score (nSPS) is 12.6. The van der Waals surface area contributed by atoms with E-state index in [9.17, 15) is 13.2 Å². The molecule has 0 amide bonds. The van der Waals surface area contributed by atoms with Crippen molar-refractivity contribution in [2.45, 2.75) is 36.6 Å². The van der Waals surface area contributed by atoms with E-state index in [1.807, 2.05) is 20.8 Å². The second-order valence-corrected chi connectivity index (χ2v) is 6.71. The maximum atomic E-state index is 12.6. The van der Waals surface area contributed by atoms with E-state index < -0.39 is 11.7 Å². The molecule has 0 atom stereocenters. The van der Waals surface area contributed by atoms with E-state index in [0.717, 1.165) is 12.1 Å². The highest BCUT2D eigenvalue weighted by Gasteiger charge is 2.31. The molecule has 1 aromatic carbocycles. The van der Waals surface area contributed by atoms with Gasteiger partial charge >= 0.3 is 6.18 Å². The number of alkyl halides is 3. The maximum Gasteiger partial charge on any atom is 0.416 e. The van der Waals surface area contributed by atoms with Gasteiger partial charge in [0.25, 0.3) is 0 Å². The number of thioether (sulfide) groups is 1. The zero-order valence-electron chi connectivity index (χ0n) is 10.4. The Kier molecular flexibility index (Phi) is 4.00. The van der Waals surface area contributed by atoms with Crippen LogP contribution in [0.25, 0.3) is 0 Å². The molecule has 3 N–H and O–H groups in total. The van der Waals surface area contributed by atoms with E-state index >= 15 is 0 Å². The monoisotopic (exact) mass is 276 g/mol. The van der Waals surface area contributed by atoms with Crippen LogP contribution in [0.3, 0.4) is 0 Å². The number of rotatable bonds is 2. The summed E-state index contributed by atoms with van der Waals surface area (Å²) >= 11 is 1.39. The molecule has 0 heterocycles. The first-order valence-corrected chi connectivity index (χ1v) is 6.07. The van der Waals surface area contributed by atoms with E-state index in [0.29, 0.717) is 4.90 Å². The summed E-state index contributed by atoms with van der Waals surface area (Å²) in [6.45, 7) is 5.83. The minimum atomic E-state index is -4.42. The molecule has 1 aromatic rings. The third kappa shape index (κ3) is 3.94. The Morgan fingerprint density at radius 3 is 2.17 bits per heavy atom. The van der Waals surface area contributed by atoms with Crippen LogP contribution in [-0.4, -0.2) is 10.6 Å². The Morgan fingerprint density at radius 1 is 1.22 bits per heavy atom. The van der Waals surface area contributed by atoms with Crippen molar-refractivity contribution >= 4 is 17.6 Å². The van der Waals surface area contributed by atoms with Crippen molar-refractivity contribution in [3.8, 4) is 0 Å². The minimum Gasteiger partial charge on any atom is -0.384 e. The molecule has 18 heavy (non-hydrogen) atoms. The van der Waals surface area contributed by atoms with Crippen LogP contribution in [0.15, 0.2) is 23.1 Å². The highest BCUT2D eigenvalue weighted by atomic mass is 32.2. The first-order valence-electron chi connectivity index (χ1n) is 5.25. The average molecular weight is 276 g/mol. The van der Waals surface area contributed by atoms with Crippen molar-refractivity contribution < 1.29 is 13.2 Å². The third-order valence-corrected chi connectivity index (χ3v) is 3.20. The van der Waals surface area contributed by atoms with Crippen molar-refractivity contribution in [1.29, 1.82) is 5.41 Å². The fourth-order valence-corrected chi connectivity index (χ4v) is 2.41. The van der Waals surface area contributed by atoms with Crippen LogP contribution in [0.4, 0.5) is 13.2 Å². The fourth-order valence-electron chi connectivity index (χ4n) is 1.34. The van der Waals surface area contributed by atoms with Gasteiger partial charge in [-0.05, 0) is 18.2 Å². The summed E-state index contributed by atoms with van der Waals surface area (Å²) in [6.07, 6.45) is -4.42. The Labute approximate surface area is 108 Å². The summed E-state index contributed by atoms with van der Waals surface area (Å²) in [7, 11) is 0. The molecule has 0 unspecified atom stereocenters. The summed E-state index contributed by atoms with van der Waals surface area (Å²) in [6, 6.07) is 3.31. The lowest BCUT2D eigenvalue weighted by molar-refractivity contribution is -0.137. The average Bonchev–Trinajstić information content (AvgIpc) is 2.13. The van der Waals surface area contributed by atoms with Gasteiger partial charge in [0.15, 0.2) is 0 Å². The van der Waals surface area contributed by atoms with Gasteiger partial charge < -0.3 is 5.73 Å². The first-order chi connectivity index (χ1) is 8.00. The van der Waals surface area contributed by atoms with Gasteiger partial charge in [0.1, 0.15) is 5.84 Å². The third-order valence-electron chi connectivity index (χ3n) is 2.01. The predicted octanol–water partition coefficient (Wildman–Crippen LogP) is 3.88. The summed E-state index contributed by atoms with van der Waals surface area (Å²) in [4.78, 5) is 0.586. The summed E-state index contributed by atoms with van der Waals surface area (Å²) in [5.41, 5.74) is 4.69. The molecule has 0 saturated carbocycles. The van der Waals surface area contributed by atoms with Crippen molar-refractivity contribution in [3.05, 3.63) is 29.3 Å². The second kappa shape index (κ2) is 4.84. The molecule has 0 aliphatic carbocycles. The van der Waals surface area contributed by atoms with Crippen LogP contribution in [0.5, 0.6) is 0 Å². The molecular weight excluding hydrogens is 261 g/mol. The Hall–Kier alpha value is -1.17. The van der Waals surface area contributed by atoms with E-state index in [-0.39, 0.29) is 16.1 Å². The van der Waals surface area contributed by atoms with Gasteiger partial charge in [0.2, 0.25) is 0 Å².